The van der Waals surface area contributed by atoms with E-state index in [1.807, 2.05) is 108 Å². The van der Waals surface area contributed by atoms with Crippen molar-refractivity contribution in [1.82, 2.24) is 54.4 Å². The number of pyridine rings is 7. The summed E-state index contributed by atoms with van der Waals surface area (Å²) in [6.07, 6.45) is 21.6. The van der Waals surface area contributed by atoms with E-state index in [2.05, 4.69) is 240 Å². The molecular formula is C88H130F3N11O6S. The number of aryl methyl sites for hydroxylation is 3. The molecule has 9 rings (SSSR count). The number of hydrogen-bond acceptors (Lipinski definition) is 16. The summed E-state index contributed by atoms with van der Waals surface area (Å²) in [7, 11) is 3.64. The molecular weight excluding hydrogens is 1400 g/mol. The number of rotatable bonds is 5. The van der Waals surface area contributed by atoms with Gasteiger partial charge in [-0.25, -0.2) is 33.3 Å². The van der Waals surface area contributed by atoms with Crippen molar-refractivity contribution in [3.8, 4) is 17.6 Å². The van der Waals surface area contributed by atoms with Crippen LogP contribution in [-0.2, 0) is 77.5 Å². The van der Waals surface area contributed by atoms with E-state index in [-0.39, 0.29) is 60.0 Å². The van der Waals surface area contributed by atoms with E-state index in [9.17, 15) is 26.4 Å². The molecule has 0 spiro atoms. The summed E-state index contributed by atoms with van der Waals surface area (Å²) in [5.74, 6) is 1.55. The van der Waals surface area contributed by atoms with Crippen molar-refractivity contribution >= 4 is 9.84 Å². The molecule has 0 saturated heterocycles. The third-order valence-corrected chi connectivity index (χ3v) is 17.1. The molecule has 0 aromatic carbocycles. The van der Waals surface area contributed by atoms with Gasteiger partial charge in [-0.1, -0.05) is 217 Å². The molecule has 0 fully saturated rings. The number of sulfone groups is 1. The highest BCUT2D eigenvalue weighted by atomic mass is 32.2. The zero-order valence-electron chi connectivity index (χ0n) is 72.1. The lowest BCUT2D eigenvalue weighted by molar-refractivity contribution is -0.141. The monoisotopic (exact) mass is 1530 g/mol. The maximum absolute atomic E-state index is 12.2. The number of hydrogen-bond donors (Lipinski definition) is 0. The predicted molar refractivity (Wildman–Crippen MR) is 442 cm³/mol. The zero-order valence-corrected chi connectivity index (χ0v) is 72.9. The Kier molecular flexibility index (Phi) is 37.7. The van der Waals surface area contributed by atoms with Crippen LogP contribution in [0.4, 0.5) is 13.2 Å². The highest BCUT2D eigenvalue weighted by Gasteiger charge is 2.32. The molecule has 0 aliphatic heterocycles. The van der Waals surface area contributed by atoms with Crippen LogP contribution in [0, 0.1) is 13.8 Å². The van der Waals surface area contributed by atoms with Crippen LogP contribution in [0.2, 0.25) is 0 Å². The Morgan fingerprint density at radius 3 is 1.13 bits per heavy atom. The van der Waals surface area contributed by atoms with Crippen LogP contribution in [0.5, 0.6) is 17.6 Å². The molecule has 0 N–H and O–H groups in total. The molecule has 0 aliphatic rings. The summed E-state index contributed by atoms with van der Waals surface area (Å²) in [6, 6.07) is 22.7. The number of aromatic nitrogens is 11. The molecule has 0 amide bonds. The molecule has 0 saturated carbocycles. The van der Waals surface area contributed by atoms with E-state index in [1.54, 1.807) is 76.3 Å². The van der Waals surface area contributed by atoms with E-state index < -0.39 is 21.7 Å². The zero-order chi connectivity index (χ0) is 84.2. The third-order valence-electron chi connectivity index (χ3n) is 16.2. The van der Waals surface area contributed by atoms with E-state index in [0.29, 0.717) is 11.9 Å². The summed E-state index contributed by atoms with van der Waals surface area (Å²) < 4.78 is 75.3. The summed E-state index contributed by atoms with van der Waals surface area (Å²) in [5.41, 5.74) is 13.5. The normalized spacial score (nSPS) is 11.9. The van der Waals surface area contributed by atoms with E-state index >= 15 is 0 Å². The lowest BCUT2D eigenvalue weighted by Crippen LogP contribution is -2.19. The van der Waals surface area contributed by atoms with Crippen LogP contribution in [0.3, 0.4) is 0 Å². The van der Waals surface area contributed by atoms with E-state index in [1.165, 1.54) is 51.9 Å². The fourth-order valence-electron chi connectivity index (χ4n) is 8.63. The number of halogens is 3. The lowest BCUT2D eigenvalue weighted by Gasteiger charge is -2.19. The van der Waals surface area contributed by atoms with Gasteiger partial charge in [0.15, 0.2) is 9.84 Å². The van der Waals surface area contributed by atoms with Gasteiger partial charge in [0.05, 0.1) is 33.3 Å². The molecule has 9 aromatic rings. The Hall–Kier alpha value is -8.85. The average molecular weight is 1530 g/mol. The van der Waals surface area contributed by atoms with Gasteiger partial charge in [-0.15, -0.1) is 0 Å². The Morgan fingerprint density at radius 1 is 0.376 bits per heavy atom. The second-order valence-electron chi connectivity index (χ2n) is 35.9. The largest absolute Gasteiger partial charge is 0.495 e. The predicted octanol–water partition coefficient (Wildman–Crippen LogP) is 20.7. The minimum atomic E-state index is -4.35. The topological polar surface area (TPSA) is 213 Å². The molecule has 0 unspecified atom stereocenters. The quantitative estimate of drug-likeness (QED) is 0.157. The summed E-state index contributed by atoms with van der Waals surface area (Å²) in [4.78, 5) is 51.1. The average Bonchev–Trinajstić information content (AvgIpc) is 0.835. The minimum Gasteiger partial charge on any atom is -0.495 e. The maximum atomic E-state index is 12.2. The smallest absolute Gasteiger partial charge is 0.433 e. The van der Waals surface area contributed by atoms with Crippen LogP contribution in [0.1, 0.15) is 260 Å². The van der Waals surface area contributed by atoms with Crippen molar-refractivity contribution in [1.29, 1.82) is 0 Å². The number of nitrogens with zero attached hydrogens (tertiary/aromatic N) is 11. The highest BCUT2D eigenvalue weighted by molar-refractivity contribution is 7.89. The van der Waals surface area contributed by atoms with Gasteiger partial charge in [0.1, 0.15) is 17.8 Å². The molecule has 21 heteroatoms. The van der Waals surface area contributed by atoms with Crippen molar-refractivity contribution in [3.05, 3.63) is 243 Å². The van der Waals surface area contributed by atoms with Gasteiger partial charge >= 0.3 is 12.2 Å². The van der Waals surface area contributed by atoms with Gasteiger partial charge in [0.25, 0.3) is 0 Å². The first-order valence-electron chi connectivity index (χ1n) is 36.3. The number of ether oxygens (including phenoxy) is 3. The second-order valence-corrected chi connectivity index (χ2v) is 38.0. The van der Waals surface area contributed by atoms with Crippen molar-refractivity contribution in [2.45, 2.75) is 261 Å². The Balaban J connectivity index is 0.000000614. The van der Waals surface area contributed by atoms with Crippen molar-refractivity contribution in [2.24, 2.45) is 7.05 Å². The summed E-state index contributed by atoms with van der Waals surface area (Å²) in [5, 5.41) is 0. The van der Waals surface area contributed by atoms with Crippen LogP contribution >= 0.6 is 0 Å². The molecule has 0 radical (unpaired) electrons. The minimum absolute atomic E-state index is 0.000509. The standard InChI is InChI=1S/C11H17NO2S.C10H12F3N.3C10H15NO.2C10H15N.C9H14N2O.C8H12N2/c1-11(2,3)10-5-9(6-12-7-10)8-15(4,13)14;1-9(2,3)7-4-5-8(14-6-7)10(11,12)13;1-10(2,3)8-5-9(12-4)7-11-6-8;1-10(2,3)8-5-6-9(12-4)11-7-8;1-10(2,3)8-5-6-9(12)11(4)7-8;1-8-7-9(5-6-11-8)10(2,3)4;1-8-5-6-9(7-11-8)10(2,3)4;1-9(2,3)7-5-10-8(12-4)11-6-7;1-8(2,3)7-4-9-6-10-5-7/h5-7H,8H2,1-4H3;4-6H,1-3H3;3*5-7H,1-4H3;2*5-7H,1-4H3;5-6H,1-4H3;4-6H,1-3H3. The van der Waals surface area contributed by atoms with E-state index in [0.717, 1.165) is 45.5 Å². The van der Waals surface area contributed by atoms with Gasteiger partial charge in [0, 0.05) is 111 Å². The lowest BCUT2D eigenvalue weighted by atomic mass is 9.87. The molecule has 17 nitrogen and oxygen atoms in total. The van der Waals surface area contributed by atoms with Crippen molar-refractivity contribution < 1.29 is 35.8 Å². The number of alkyl halides is 3. The number of methoxy groups -OCH3 is 3. The third kappa shape index (κ3) is 39.9. The first kappa shape index (κ1) is 98.2. The maximum Gasteiger partial charge on any atom is 0.433 e. The van der Waals surface area contributed by atoms with Crippen LogP contribution < -0.4 is 19.8 Å². The molecule has 9 heterocycles. The van der Waals surface area contributed by atoms with Gasteiger partial charge in [0.2, 0.25) is 11.4 Å². The molecule has 9 aromatic heterocycles. The second kappa shape index (κ2) is 41.8. The molecule has 600 valence electrons. The Morgan fingerprint density at radius 2 is 0.780 bits per heavy atom. The van der Waals surface area contributed by atoms with Gasteiger partial charge < -0.3 is 18.8 Å². The first-order valence-corrected chi connectivity index (χ1v) is 38.4. The molecule has 109 heavy (non-hydrogen) atoms. The Bertz CT molecular complexity index is 4190. The molecule has 0 atom stereocenters. The first-order chi connectivity index (χ1) is 49.5. The van der Waals surface area contributed by atoms with Gasteiger partial charge in [-0.3, -0.25) is 29.7 Å². The van der Waals surface area contributed by atoms with Crippen molar-refractivity contribution in [2.75, 3.05) is 27.6 Å². The summed E-state index contributed by atoms with van der Waals surface area (Å²) in [6.45, 7) is 61.4. The van der Waals surface area contributed by atoms with Crippen LogP contribution in [0.15, 0.2) is 164 Å². The van der Waals surface area contributed by atoms with Crippen LogP contribution in [0.25, 0.3) is 0 Å². The van der Waals surface area contributed by atoms with Gasteiger partial charge in [-0.2, -0.15) is 13.2 Å². The fraction of sp³-hybridized carbons (Fsp3) is 0.511. The van der Waals surface area contributed by atoms with Crippen molar-refractivity contribution in [3.63, 3.8) is 0 Å². The van der Waals surface area contributed by atoms with E-state index in [4.69, 9.17) is 14.2 Å². The fourth-order valence-corrected chi connectivity index (χ4v) is 9.39. The molecule has 0 aliphatic carbocycles. The van der Waals surface area contributed by atoms with Gasteiger partial charge in [-0.05, 0) is 149 Å². The Labute approximate surface area is 653 Å². The van der Waals surface area contributed by atoms with Crippen LogP contribution in [-0.4, -0.2) is 90.4 Å². The highest BCUT2D eigenvalue weighted by Crippen LogP contribution is 2.31. The SMILES string of the molecule is CC(C)(C)c1ccc(C(F)(F)F)nc1.CC(C)(C)c1cncc(CS(C)(=O)=O)c1.CC(C)(C)c1cncnc1.COc1ccc(C(C)(C)C)cn1.COc1cncc(C(C)(C)C)c1.COc1ncc(C(C)(C)C)cn1.Cc1cc(C(C)(C)C)ccn1.Cc1ccc(C(C)(C)C)cn1.Cn1cc(C(C)(C)C)ccc1=O. The molecule has 0 bridgehead atoms. The summed E-state index contributed by atoms with van der Waals surface area (Å²) >= 11 is 0.